The Bertz CT molecular complexity index is 836. The summed E-state index contributed by atoms with van der Waals surface area (Å²) in [5.41, 5.74) is 1.60. The van der Waals surface area contributed by atoms with E-state index in [9.17, 15) is 4.39 Å². The normalized spacial score (nSPS) is 18.4. The molecule has 3 heterocycles. The molecule has 0 amide bonds. The lowest BCUT2D eigenvalue weighted by Crippen LogP contribution is -2.45. The molecule has 0 spiro atoms. The van der Waals surface area contributed by atoms with Crippen molar-refractivity contribution in [2.45, 2.75) is 12.6 Å². The van der Waals surface area contributed by atoms with E-state index in [-0.39, 0.29) is 11.9 Å². The minimum atomic E-state index is -0.305. The fourth-order valence-corrected chi connectivity index (χ4v) is 3.18. The van der Waals surface area contributed by atoms with Gasteiger partial charge >= 0.3 is 0 Å². The Hall–Kier alpha value is -2.57. The first kappa shape index (κ1) is 15.9. The number of pyridine rings is 1. The fraction of sp³-hybridized carbons (Fsp3) is 0.263. The largest absolute Gasteiger partial charge is 0.439 e. The van der Waals surface area contributed by atoms with Crippen molar-refractivity contribution in [1.82, 2.24) is 20.2 Å². The summed E-state index contributed by atoms with van der Waals surface area (Å²) in [6.45, 7) is 3.23. The average Bonchev–Trinajstić information content (AvgIpc) is 3.11. The summed E-state index contributed by atoms with van der Waals surface area (Å²) >= 11 is 0. The highest BCUT2D eigenvalue weighted by Crippen LogP contribution is 2.26. The van der Waals surface area contributed by atoms with Gasteiger partial charge in [0.2, 0.25) is 5.89 Å². The van der Waals surface area contributed by atoms with Crippen LogP contribution in [0, 0.1) is 5.82 Å². The predicted molar refractivity (Wildman–Crippen MR) is 92.2 cm³/mol. The van der Waals surface area contributed by atoms with Gasteiger partial charge in [0.15, 0.2) is 5.76 Å². The maximum atomic E-state index is 13.9. The number of piperazine rings is 1. The molecule has 2 aromatic heterocycles. The van der Waals surface area contributed by atoms with Gasteiger partial charge < -0.3 is 9.73 Å². The Balaban J connectivity index is 1.54. The number of hydrogen-bond acceptors (Lipinski definition) is 5. The van der Waals surface area contributed by atoms with Crippen molar-refractivity contribution in [3.63, 3.8) is 0 Å². The second-order valence-corrected chi connectivity index (χ2v) is 6.07. The van der Waals surface area contributed by atoms with E-state index in [1.807, 2.05) is 12.3 Å². The van der Waals surface area contributed by atoms with Gasteiger partial charge in [-0.1, -0.05) is 18.2 Å². The first-order valence-electron chi connectivity index (χ1n) is 8.35. The number of rotatable bonds is 4. The van der Waals surface area contributed by atoms with Crippen LogP contribution in [0.3, 0.4) is 0 Å². The molecule has 0 bridgehead atoms. The molecule has 1 unspecified atom stereocenters. The summed E-state index contributed by atoms with van der Waals surface area (Å²) in [6, 6.07) is 10.8. The third-order valence-corrected chi connectivity index (χ3v) is 4.45. The van der Waals surface area contributed by atoms with Crippen molar-refractivity contribution in [3.05, 3.63) is 72.3 Å². The van der Waals surface area contributed by atoms with E-state index in [1.54, 1.807) is 30.6 Å². The van der Waals surface area contributed by atoms with Gasteiger partial charge in [-0.05, 0) is 23.8 Å². The number of hydrogen-bond donors (Lipinski definition) is 1. The number of aromatic nitrogens is 2. The van der Waals surface area contributed by atoms with Gasteiger partial charge in [0.05, 0.1) is 18.3 Å². The molecule has 25 heavy (non-hydrogen) atoms. The number of nitrogens with one attached hydrogen (secondary N) is 1. The molecule has 1 N–H and O–H groups in total. The maximum Gasteiger partial charge on any atom is 0.209 e. The summed E-state index contributed by atoms with van der Waals surface area (Å²) in [6.07, 6.45) is 5.26. The smallest absolute Gasteiger partial charge is 0.209 e. The van der Waals surface area contributed by atoms with Crippen LogP contribution in [0.25, 0.3) is 11.3 Å². The molecule has 5 nitrogen and oxygen atoms in total. The maximum absolute atomic E-state index is 13.9. The van der Waals surface area contributed by atoms with Crippen LogP contribution in [-0.2, 0) is 6.54 Å². The zero-order chi connectivity index (χ0) is 17.1. The molecule has 0 radical (unpaired) electrons. The van der Waals surface area contributed by atoms with Gasteiger partial charge in [0.25, 0.3) is 0 Å². The predicted octanol–water partition coefficient (Wildman–Crippen LogP) is 3.02. The van der Waals surface area contributed by atoms with Crippen LogP contribution in [0.1, 0.15) is 17.5 Å². The van der Waals surface area contributed by atoms with E-state index in [1.165, 1.54) is 6.07 Å². The van der Waals surface area contributed by atoms with Gasteiger partial charge in [-0.3, -0.25) is 9.88 Å². The summed E-state index contributed by atoms with van der Waals surface area (Å²) in [5, 5.41) is 3.42. The zero-order valence-electron chi connectivity index (χ0n) is 13.7. The SMILES string of the molecule is Fc1ccccc1-c1cnc(CN2CCNCC2c2cccnc2)o1. The molecule has 4 rings (SSSR count). The van der Waals surface area contributed by atoms with Crippen LogP contribution < -0.4 is 5.32 Å². The lowest BCUT2D eigenvalue weighted by Gasteiger charge is -2.35. The highest BCUT2D eigenvalue weighted by atomic mass is 19.1. The number of nitrogens with zero attached hydrogens (tertiary/aromatic N) is 3. The summed E-state index contributed by atoms with van der Waals surface area (Å²) in [5.74, 6) is 0.746. The summed E-state index contributed by atoms with van der Waals surface area (Å²) in [7, 11) is 0. The van der Waals surface area contributed by atoms with E-state index in [0.717, 1.165) is 25.2 Å². The van der Waals surface area contributed by atoms with Crippen LogP contribution in [0.15, 0.2) is 59.4 Å². The highest BCUT2D eigenvalue weighted by Gasteiger charge is 2.25. The molecule has 1 aliphatic rings. The highest BCUT2D eigenvalue weighted by molar-refractivity contribution is 5.56. The molecule has 6 heteroatoms. The van der Waals surface area contributed by atoms with E-state index in [0.29, 0.717) is 23.8 Å². The quantitative estimate of drug-likeness (QED) is 0.792. The van der Waals surface area contributed by atoms with Crippen molar-refractivity contribution in [2.24, 2.45) is 0 Å². The van der Waals surface area contributed by atoms with Gasteiger partial charge in [-0.2, -0.15) is 0 Å². The van der Waals surface area contributed by atoms with Crippen molar-refractivity contribution in [3.8, 4) is 11.3 Å². The van der Waals surface area contributed by atoms with Crippen molar-refractivity contribution in [2.75, 3.05) is 19.6 Å². The Kier molecular flexibility index (Phi) is 4.54. The van der Waals surface area contributed by atoms with Gasteiger partial charge in [-0.15, -0.1) is 0 Å². The van der Waals surface area contributed by atoms with E-state index < -0.39 is 0 Å². The lowest BCUT2D eigenvalue weighted by atomic mass is 10.1. The van der Waals surface area contributed by atoms with Crippen LogP contribution in [0.4, 0.5) is 4.39 Å². The molecule has 1 aromatic carbocycles. The van der Waals surface area contributed by atoms with Crippen LogP contribution >= 0.6 is 0 Å². The topological polar surface area (TPSA) is 54.2 Å². The van der Waals surface area contributed by atoms with Crippen LogP contribution in [0.2, 0.25) is 0 Å². The van der Waals surface area contributed by atoms with E-state index in [2.05, 4.69) is 26.3 Å². The Morgan fingerprint density at radius 1 is 1.20 bits per heavy atom. The molecule has 1 atom stereocenters. The van der Waals surface area contributed by atoms with Crippen molar-refractivity contribution in [1.29, 1.82) is 0 Å². The average molecular weight is 338 g/mol. The molecule has 0 aliphatic carbocycles. The molecule has 1 saturated heterocycles. The van der Waals surface area contributed by atoms with Crippen LogP contribution in [-0.4, -0.2) is 34.5 Å². The van der Waals surface area contributed by atoms with Crippen LogP contribution in [0.5, 0.6) is 0 Å². The Morgan fingerprint density at radius 2 is 2.12 bits per heavy atom. The Morgan fingerprint density at radius 3 is 2.96 bits per heavy atom. The Labute approximate surface area is 145 Å². The standard InChI is InChI=1S/C19H19FN4O/c20-16-6-2-1-5-15(16)18-12-23-19(25-18)13-24-9-8-22-11-17(24)14-4-3-7-21-10-14/h1-7,10,12,17,22H,8-9,11,13H2. The first-order chi connectivity index (χ1) is 12.3. The second kappa shape index (κ2) is 7.13. The summed E-state index contributed by atoms with van der Waals surface area (Å²) < 4.78 is 19.7. The molecular formula is C19H19FN4O. The lowest BCUT2D eigenvalue weighted by molar-refractivity contribution is 0.140. The minimum Gasteiger partial charge on any atom is -0.439 e. The third-order valence-electron chi connectivity index (χ3n) is 4.45. The van der Waals surface area contributed by atoms with Crippen molar-refractivity contribution >= 4 is 0 Å². The number of halogens is 1. The second-order valence-electron chi connectivity index (χ2n) is 6.07. The molecule has 0 saturated carbocycles. The zero-order valence-corrected chi connectivity index (χ0v) is 13.7. The molecular weight excluding hydrogens is 319 g/mol. The monoisotopic (exact) mass is 338 g/mol. The molecule has 1 fully saturated rings. The molecule has 1 aliphatic heterocycles. The third kappa shape index (κ3) is 3.45. The van der Waals surface area contributed by atoms with E-state index >= 15 is 0 Å². The van der Waals surface area contributed by atoms with Crippen molar-refractivity contribution < 1.29 is 8.81 Å². The van der Waals surface area contributed by atoms with E-state index in [4.69, 9.17) is 4.42 Å². The van der Waals surface area contributed by atoms with Gasteiger partial charge in [-0.25, -0.2) is 9.37 Å². The minimum absolute atomic E-state index is 0.214. The molecule has 128 valence electrons. The molecule has 3 aromatic rings. The van der Waals surface area contributed by atoms with Gasteiger partial charge in [0.1, 0.15) is 5.82 Å². The number of oxazole rings is 1. The summed E-state index contributed by atoms with van der Waals surface area (Å²) in [4.78, 5) is 10.9. The number of benzene rings is 1. The fourth-order valence-electron chi connectivity index (χ4n) is 3.18. The van der Waals surface area contributed by atoms with Gasteiger partial charge in [0, 0.05) is 38.1 Å². The first-order valence-corrected chi connectivity index (χ1v) is 8.35.